The molecular formula is C19H19NO4. The van der Waals surface area contributed by atoms with E-state index in [-0.39, 0.29) is 5.91 Å². The summed E-state index contributed by atoms with van der Waals surface area (Å²) in [7, 11) is 1.31. The summed E-state index contributed by atoms with van der Waals surface area (Å²) in [5.74, 6) is -0.168. The molecule has 0 saturated carbocycles. The van der Waals surface area contributed by atoms with Gasteiger partial charge in [0.15, 0.2) is 0 Å². The number of ether oxygens (including phenoxy) is 2. The van der Waals surface area contributed by atoms with Crippen LogP contribution in [-0.2, 0) is 4.74 Å². The van der Waals surface area contributed by atoms with Crippen LogP contribution in [0, 0.1) is 0 Å². The average molecular weight is 325 g/mol. The first-order valence-corrected chi connectivity index (χ1v) is 7.37. The van der Waals surface area contributed by atoms with Crippen molar-refractivity contribution >= 4 is 17.6 Å². The number of benzene rings is 2. The van der Waals surface area contributed by atoms with Crippen LogP contribution in [0.25, 0.3) is 0 Å². The predicted molar refractivity (Wildman–Crippen MR) is 92.5 cm³/mol. The van der Waals surface area contributed by atoms with E-state index in [0.29, 0.717) is 29.2 Å². The fourth-order valence-corrected chi connectivity index (χ4v) is 1.97. The van der Waals surface area contributed by atoms with Gasteiger partial charge >= 0.3 is 5.97 Å². The molecule has 2 aromatic carbocycles. The van der Waals surface area contributed by atoms with E-state index in [1.165, 1.54) is 7.11 Å². The van der Waals surface area contributed by atoms with Gasteiger partial charge in [-0.15, -0.1) is 0 Å². The third-order valence-electron chi connectivity index (χ3n) is 3.18. The Morgan fingerprint density at radius 3 is 2.29 bits per heavy atom. The zero-order chi connectivity index (χ0) is 17.5. The van der Waals surface area contributed by atoms with Crippen LogP contribution >= 0.6 is 0 Å². The Labute approximate surface area is 140 Å². The van der Waals surface area contributed by atoms with Crippen molar-refractivity contribution in [3.8, 4) is 5.75 Å². The standard InChI is InChI=1S/C19H19NO4/c1-13(2)12-24-17-7-5-4-6-16(17)20-18(21)14-8-10-15(11-9-14)19(22)23-3/h4-11H,1,12H2,2-3H3,(H,20,21). The molecule has 0 bridgehead atoms. The lowest BCUT2D eigenvalue weighted by Gasteiger charge is -2.12. The van der Waals surface area contributed by atoms with E-state index in [1.807, 2.05) is 19.1 Å². The zero-order valence-electron chi connectivity index (χ0n) is 13.7. The van der Waals surface area contributed by atoms with Gasteiger partial charge in [-0.2, -0.15) is 0 Å². The number of hydrogen-bond donors (Lipinski definition) is 1. The summed E-state index contributed by atoms with van der Waals surface area (Å²) in [4.78, 5) is 23.8. The van der Waals surface area contributed by atoms with Crippen molar-refractivity contribution in [2.24, 2.45) is 0 Å². The Bertz CT molecular complexity index is 750. The molecule has 0 unspecified atom stereocenters. The molecule has 0 aliphatic heterocycles. The molecule has 0 fully saturated rings. The quantitative estimate of drug-likeness (QED) is 0.650. The van der Waals surface area contributed by atoms with E-state index < -0.39 is 5.97 Å². The zero-order valence-corrected chi connectivity index (χ0v) is 13.7. The molecule has 124 valence electrons. The van der Waals surface area contributed by atoms with E-state index >= 15 is 0 Å². The molecule has 5 nitrogen and oxygen atoms in total. The van der Waals surface area contributed by atoms with Crippen LogP contribution in [-0.4, -0.2) is 25.6 Å². The largest absolute Gasteiger partial charge is 0.487 e. The maximum Gasteiger partial charge on any atom is 0.337 e. The van der Waals surface area contributed by atoms with Crippen molar-refractivity contribution < 1.29 is 19.1 Å². The number of hydrogen-bond acceptors (Lipinski definition) is 4. The van der Waals surface area contributed by atoms with Crippen molar-refractivity contribution in [2.75, 3.05) is 19.0 Å². The normalized spacial score (nSPS) is 9.92. The lowest BCUT2D eigenvalue weighted by molar-refractivity contribution is 0.0600. The smallest absolute Gasteiger partial charge is 0.337 e. The van der Waals surface area contributed by atoms with Crippen molar-refractivity contribution in [1.29, 1.82) is 0 Å². The van der Waals surface area contributed by atoms with E-state index in [1.54, 1.807) is 36.4 Å². The van der Waals surface area contributed by atoms with E-state index in [9.17, 15) is 9.59 Å². The maximum absolute atomic E-state index is 12.4. The summed E-state index contributed by atoms with van der Waals surface area (Å²) in [6, 6.07) is 13.4. The third kappa shape index (κ3) is 4.46. The number of amides is 1. The first-order valence-electron chi connectivity index (χ1n) is 7.37. The number of anilines is 1. The first kappa shape index (κ1) is 17.3. The summed E-state index contributed by atoms with van der Waals surface area (Å²) < 4.78 is 10.3. The first-order chi connectivity index (χ1) is 11.5. The van der Waals surface area contributed by atoms with Gasteiger partial charge in [-0.25, -0.2) is 4.79 Å². The molecule has 5 heteroatoms. The van der Waals surface area contributed by atoms with Gasteiger partial charge in [-0.3, -0.25) is 4.79 Å². The average Bonchev–Trinajstić information content (AvgIpc) is 2.60. The molecule has 0 spiro atoms. The predicted octanol–water partition coefficient (Wildman–Crippen LogP) is 3.68. The third-order valence-corrected chi connectivity index (χ3v) is 3.18. The molecule has 1 N–H and O–H groups in total. The maximum atomic E-state index is 12.4. The van der Waals surface area contributed by atoms with Crippen molar-refractivity contribution in [2.45, 2.75) is 6.92 Å². The number of methoxy groups -OCH3 is 1. The van der Waals surface area contributed by atoms with E-state index in [4.69, 9.17) is 4.74 Å². The van der Waals surface area contributed by atoms with Crippen LogP contribution in [0.15, 0.2) is 60.7 Å². The summed E-state index contributed by atoms with van der Waals surface area (Å²) >= 11 is 0. The summed E-state index contributed by atoms with van der Waals surface area (Å²) in [5.41, 5.74) is 2.27. The number of rotatable bonds is 6. The minimum Gasteiger partial charge on any atom is -0.487 e. The van der Waals surface area contributed by atoms with Crippen molar-refractivity contribution in [3.63, 3.8) is 0 Å². The molecule has 0 saturated heterocycles. The van der Waals surface area contributed by atoms with Gasteiger partial charge in [0.25, 0.3) is 5.91 Å². The van der Waals surface area contributed by atoms with Crippen molar-refractivity contribution in [3.05, 3.63) is 71.8 Å². The molecule has 0 atom stereocenters. The molecular weight excluding hydrogens is 306 g/mol. The van der Waals surface area contributed by atoms with Gasteiger partial charge in [0, 0.05) is 5.56 Å². The number of carbonyl (C=O) groups is 2. The van der Waals surface area contributed by atoms with Crippen molar-refractivity contribution in [1.82, 2.24) is 0 Å². The molecule has 1 amide bonds. The highest BCUT2D eigenvalue weighted by atomic mass is 16.5. The fraction of sp³-hybridized carbons (Fsp3) is 0.158. The van der Waals surface area contributed by atoms with Crippen LogP contribution in [0.2, 0.25) is 0 Å². The molecule has 2 rings (SSSR count). The minimum absolute atomic E-state index is 0.294. The SMILES string of the molecule is C=C(C)COc1ccccc1NC(=O)c1ccc(C(=O)OC)cc1. The summed E-state index contributed by atoms with van der Waals surface area (Å²) in [5, 5.41) is 2.80. The molecule has 2 aromatic rings. The fourth-order valence-electron chi connectivity index (χ4n) is 1.97. The van der Waals surface area contributed by atoms with Gasteiger partial charge in [0.1, 0.15) is 12.4 Å². The van der Waals surface area contributed by atoms with Crippen LogP contribution in [0.4, 0.5) is 5.69 Å². The Kier molecular flexibility index (Phi) is 5.73. The molecule has 0 radical (unpaired) electrons. The number of esters is 1. The second kappa shape index (κ2) is 7.97. The molecule has 0 heterocycles. The highest BCUT2D eigenvalue weighted by Gasteiger charge is 2.11. The van der Waals surface area contributed by atoms with Gasteiger partial charge in [0.05, 0.1) is 18.4 Å². The Morgan fingerprint density at radius 2 is 1.67 bits per heavy atom. The van der Waals surface area contributed by atoms with Crippen LogP contribution < -0.4 is 10.1 Å². The number of nitrogens with one attached hydrogen (secondary N) is 1. The second-order valence-corrected chi connectivity index (χ2v) is 5.26. The monoisotopic (exact) mass is 325 g/mol. The minimum atomic E-state index is -0.444. The topological polar surface area (TPSA) is 64.6 Å². The van der Waals surface area contributed by atoms with Gasteiger partial charge in [-0.05, 0) is 48.9 Å². The molecule has 0 aromatic heterocycles. The highest BCUT2D eigenvalue weighted by molar-refractivity contribution is 6.05. The Morgan fingerprint density at radius 1 is 1.04 bits per heavy atom. The van der Waals surface area contributed by atoms with Crippen LogP contribution in [0.5, 0.6) is 5.75 Å². The van der Waals surface area contributed by atoms with Crippen LogP contribution in [0.3, 0.4) is 0 Å². The van der Waals surface area contributed by atoms with Gasteiger partial charge in [-0.1, -0.05) is 18.7 Å². The Balaban J connectivity index is 2.12. The second-order valence-electron chi connectivity index (χ2n) is 5.26. The van der Waals surface area contributed by atoms with E-state index in [2.05, 4.69) is 16.6 Å². The summed E-state index contributed by atoms with van der Waals surface area (Å²) in [6.07, 6.45) is 0. The van der Waals surface area contributed by atoms with E-state index in [0.717, 1.165) is 5.57 Å². The molecule has 24 heavy (non-hydrogen) atoms. The Hall–Kier alpha value is -3.08. The van der Waals surface area contributed by atoms with Gasteiger partial charge in [0.2, 0.25) is 0 Å². The number of para-hydroxylation sites is 2. The summed E-state index contributed by atoms with van der Waals surface area (Å²) in [6.45, 7) is 6.03. The van der Waals surface area contributed by atoms with Crippen LogP contribution in [0.1, 0.15) is 27.6 Å². The van der Waals surface area contributed by atoms with Gasteiger partial charge < -0.3 is 14.8 Å². The molecule has 0 aliphatic carbocycles. The number of carbonyl (C=O) groups excluding carboxylic acids is 2. The molecule has 0 aliphatic rings. The lowest BCUT2D eigenvalue weighted by atomic mass is 10.1. The lowest BCUT2D eigenvalue weighted by Crippen LogP contribution is -2.13. The highest BCUT2D eigenvalue weighted by Crippen LogP contribution is 2.24.